The van der Waals surface area contributed by atoms with E-state index >= 15 is 0 Å². The Bertz CT molecular complexity index is 707. The number of rotatable bonds is 3. The lowest BCUT2D eigenvalue weighted by molar-refractivity contribution is -0.128. The molecule has 0 spiro atoms. The van der Waals surface area contributed by atoms with Crippen LogP contribution in [0.1, 0.15) is 0 Å². The molecule has 21 heavy (non-hydrogen) atoms. The summed E-state index contributed by atoms with van der Waals surface area (Å²) in [6, 6.07) is 7.09. The van der Waals surface area contributed by atoms with E-state index in [4.69, 9.17) is 4.74 Å². The molecule has 0 unspecified atom stereocenters. The number of hydrogen-bond donors (Lipinski definition) is 1. The fraction of sp³-hybridized carbons (Fsp3) is 0.357. The van der Waals surface area contributed by atoms with Crippen molar-refractivity contribution >= 4 is 16.8 Å². The summed E-state index contributed by atoms with van der Waals surface area (Å²) in [5.41, 5.74) is 3.19. The standard InChI is InChI=1S/C14H16N4O3/c19-13(16-18-5-7-21-8-6-18)9-17-10-15-12-4-2-1-3-11(12)14(17)20/h1-4,10H,5-9H2,(H,16,19). The second-order valence-electron chi connectivity index (χ2n) is 4.83. The van der Waals surface area contributed by atoms with Crippen LogP contribution in [0.3, 0.4) is 0 Å². The van der Waals surface area contributed by atoms with E-state index < -0.39 is 0 Å². The number of amides is 1. The van der Waals surface area contributed by atoms with Crippen LogP contribution in [0.5, 0.6) is 0 Å². The molecule has 0 bridgehead atoms. The Morgan fingerprint density at radius 3 is 2.86 bits per heavy atom. The van der Waals surface area contributed by atoms with Gasteiger partial charge in [0.05, 0.1) is 30.4 Å². The van der Waals surface area contributed by atoms with Gasteiger partial charge in [-0.15, -0.1) is 0 Å². The Balaban J connectivity index is 1.73. The first-order valence-corrected chi connectivity index (χ1v) is 6.80. The SMILES string of the molecule is O=C(Cn1cnc2ccccc2c1=O)NN1CCOCC1. The summed E-state index contributed by atoms with van der Waals surface area (Å²) in [5, 5.41) is 2.31. The van der Waals surface area contributed by atoms with Crippen molar-refractivity contribution in [2.75, 3.05) is 26.3 Å². The molecule has 0 saturated carbocycles. The Labute approximate surface area is 121 Å². The van der Waals surface area contributed by atoms with E-state index in [0.717, 1.165) is 0 Å². The van der Waals surface area contributed by atoms with Gasteiger partial charge in [0, 0.05) is 13.1 Å². The van der Waals surface area contributed by atoms with Gasteiger partial charge in [-0.25, -0.2) is 9.99 Å². The number of nitrogens with one attached hydrogen (secondary N) is 1. The predicted octanol–water partition coefficient (Wildman–Crippen LogP) is -0.240. The lowest BCUT2D eigenvalue weighted by atomic mass is 10.2. The summed E-state index contributed by atoms with van der Waals surface area (Å²) < 4.78 is 6.53. The molecule has 0 aliphatic carbocycles. The zero-order chi connectivity index (χ0) is 14.7. The van der Waals surface area contributed by atoms with Gasteiger partial charge in [0.1, 0.15) is 6.54 Å². The molecular formula is C14H16N4O3. The van der Waals surface area contributed by atoms with E-state index in [9.17, 15) is 9.59 Å². The molecule has 0 radical (unpaired) electrons. The topological polar surface area (TPSA) is 76.5 Å². The summed E-state index contributed by atoms with van der Waals surface area (Å²) in [4.78, 5) is 28.4. The van der Waals surface area contributed by atoms with E-state index in [2.05, 4.69) is 10.4 Å². The van der Waals surface area contributed by atoms with Gasteiger partial charge in [0.15, 0.2) is 0 Å². The lowest BCUT2D eigenvalue weighted by Crippen LogP contribution is -2.49. The van der Waals surface area contributed by atoms with Crippen molar-refractivity contribution in [2.24, 2.45) is 0 Å². The monoisotopic (exact) mass is 288 g/mol. The van der Waals surface area contributed by atoms with Crippen molar-refractivity contribution in [3.05, 3.63) is 40.9 Å². The van der Waals surface area contributed by atoms with Crippen LogP contribution in [0.2, 0.25) is 0 Å². The van der Waals surface area contributed by atoms with Crippen LogP contribution in [0, 0.1) is 0 Å². The minimum absolute atomic E-state index is 0.0476. The van der Waals surface area contributed by atoms with Crippen molar-refractivity contribution in [2.45, 2.75) is 6.54 Å². The summed E-state index contributed by atoms with van der Waals surface area (Å²) in [5.74, 6) is -0.240. The number of para-hydroxylation sites is 1. The first-order chi connectivity index (χ1) is 10.2. The molecule has 1 aliphatic heterocycles. The number of fused-ring (bicyclic) bond motifs is 1. The van der Waals surface area contributed by atoms with Gasteiger partial charge < -0.3 is 4.74 Å². The molecule has 7 heteroatoms. The van der Waals surface area contributed by atoms with Gasteiger partial charge in [-0.3, -0.25) is 19.6 Å². The Hall–Kier alpha value is -2.25. The van der Waals surface area contributed by atoms with Crippen molar-refractivity contribution in [3.8, 4) is 0 Å². The third-order valence-corrected chi connectivity index (χ3v) is 3.34. The number of ether oxygens (including phenoxy) is 1. The highest BCUT2D eigenvalue weighted by Gasteiger charge is 2.14. The number of carbonyl (C=O) groups excluding carboxylic acids is 1. The fourth-order valence-electron chi connectivity index (χ4n) is 2.26. The number of morpholine rings is 1. The first-order valence-electron chi connectivity index (χ1n) is 6.80. The van der Waals surface area contributed by atoms with Crippen LogP contribution in [0.4, 0.5) is 0 Å². The molecule has 0 atom stereocenters. The van der Waals surface area contributed by atoms with Crippen LogP contribution in [-0.2, 0) is 16.1 Å². The minimum Gasteiger partial charge on any atom is -0.379 e. The van der Waals surface area contributed by atoms with E-state index in [1.54, 1.807) is 23.2 Å². The molecule has 1 fully saturated rings. The van der Waals surface area contributed by atoms with E-state index in [0.29, 0.717) is 37.2 Å². The average Bonchev–Trinajstić information content (AvgIpc) is 2.51. The highest BCUT2D eigenvalue weighted by molar-refractivity contribution is 5.78. The summed E-state index contributed by atoms with van der Waals surface area (Å²) in [6.07, 6.45) is 1.41. The van der Waals surface area contributed by atoms with Crippen LogP contribution in [0.25, 0.3) is 10.9 Å². The number of hydrazine groups is 1. The molecule has 1 aliphatic rings. The second-order valence-corrected chi connectivity index (χ2v) is 4.83. The molecule has 1 saturated heterocycles. The Morgan fingerprint density at radius 2 is 2.05 bits per heavy atom. The zero-order valence-corrected chi connectivity index (χ0v) is 11.5. The van der Waals surface area contributed by atoms with Gasteiger partial charge >= 0.3 is 0 Å². The molecule has 1 amide bonds. The maximum atomic E-state index is 12.3. The number of aromatic nitrogens is 2. The molecule has 1 aromatic carbocycles. The van der Waals surface area contributed by atoms with E-state index in [1.165, 1.54) is 10.9 Å². The molecule has 110 valence electrons. The van der Waals surface area contributed by atoms with E-state index in [-0.39, 0.29) is 18.0 Å². The smallest absolute Gasteiger partial charge is 0.261 e. The molecule has 7 nitrogen and oxygen atoms in total. The number of carbonyl (C=O) groups is 1. The quantitative estimate of drug-likeness (QED) is 0.843. The average molecular weight is 288 g/mol. The maximum Gasteiger partial charge on any atom is 0.261 e. The molecule has 2 aromatic rings. The van der Waals surface area contributed by atoms with Crippen molar-refractivity contribution < 1.29 is 9.53 Å². The summed E-state index contributed by atoms with van der Waals surface area (Å²) in [6.45, 7) is 2.44. The van der Waals surface area contributed by atoms with Gasteiger partial charge in [-0.2, -0.15) is 0 Å². The number of nitrogens with zero attached hydrogens (tertiary/aromatic N) is 3. The van der Waals surface area contributed by atoms with Crippen molar-refractivity contribution in [1.29, 1.82) is 0 Å². The third-order valence-electron chi connectivity index (χ3n) is 3.34. The van der Waals surface area contributed by atoms with Gasteiger partial charge in [0.25, 0.3) is 11.5 Å². The predicted molar refractivity (Wildman–Crippen MR) is 76.5 cm³/mol. The minimum atomic E-state index is -0.240. The Morgan fingerprint density at radius 1 is 1.29 bits per heavy atom. The van der Waals surface area contributed by atoms with Gasteiger partial charge in [0.2, 0.25) is 0 Å². The number of benzene rings is 1. The van der Waals surface area contributed by atoms with Crippen LogP contribution >= 0.6 is 0 Å². The number of hydrogen-bond acceptors (Lipinski definition) is 5. The van der Waals surface area contributed by atoms with Crippen LogP contribution in [-0.4, -0.2) is 46.8 Å². The normalized spacial score (nSPS) is 16.0. The first kappa shape index (κ1) is 13.7. The van der Waals surface area contributed by atoms with Crippen molar-refractivity contribution in [1.82, 2.24) is 20.0 Å². The third kappa shape index (κ3) is 3.09. The van der Waals surface area contributed by atoms with Crippen molar-refractivity contribution in [3.63, 3.8) is 0 Å². The zero-order valence-electron chi connectivity index (χ0n) is 11.5. The highest BCUT2D eigenvalue weighted by Crippen LogP contribution is 2.04. The molecular weight excluding hydrogens is 272 g/mol. The molecule has 2 heterocycles. The van der Waals surface area contributed by atoms with E-state index in [1.807, 2.05) is 6.07 Å². The fourth-order valence-corrected chi connectivity index (χ4v) is 2.26. The highest BCUT2D eigenvalue weighted by atomic mass is 16.5. The summed E-state index contributed by atoms with van der Waals surface area (Å²) >= 11 is 0. The lowest BCUT2D eigenvalue weighted by Gasteiger charge is -2.26. The molecule has 1 N–H and O–H groups in total. The van der Waals surface area contributed by atoms with Gasteiger partial charge in [-0.05, 0) is 12.1 Å². The summed E-state index contributed by atoms with van der Waals surface area (Å²) in [7, 11) is 0. The van der Waals surface area contributed by atoms with Crippen LogP contribution in [0.15, 0.2) is 35.4 Å². The van der Waals surface area contributed by atoms with Gasteiger partial charge in [-0.1, -0.05) is 12.1 Å². The van der Waals surface area contributed by atoms with Crippen LogP contribution < -0.4 is 11.0 Å². The second kappa shape index (κ2) is 6.02. The molecule has 1 aromatic heterocycles. The maximum absolute atomic E-state index is 12.3. The Kier molecular flexibility index (Phi) is 3.94. The largest absolute Gasteiger partial charge is 0.379 e. The molecule has 3 rings (SSSR count).